The molecule has 0 spiro atoms. The maximum Gasteiger partial charge on any atom is 0.315 e. The number of carbonyl (C=O) groups excluding carboxylic acids is 2. The van der Waals surface area contributed by atoms with E-state index in [1.54, 1.807) is 0 Å². The molecular weight excluding hydrogens is 278 g/mol. The van der Waals surface area contributed by atoms with Gasteiger partial charge >= 0.3 is 11.8 Å². The van der Waals surface area contributed by atoms with E-state index < -0.39 is 11.8 Å². The van der Waals surface area contributed by atoms with E-state index in [-0.39, 0.29) is 12.2 Å². The van der Waals surface area contributed by atoms with E-state index in [0.29, 0.717) is 18.2 Å². The zero-order chi connectivity index (χ0) is 14.9. The molecule has 0 saturated carbocycles. The number of anilines is 1. The molecule has 2 atom stereocenters. The van der Waals surface area contributed by atoms with Crippen LogP contribution in [0.2, 0.25) is 0 Å². The zero-order valence-electron chi connectivity index (χ0n) is 12.1. The number of ether oxygens (including phenoxy) is 1. The average molecular weight is 297 g/mol. The third-order valence-electron chi connectivity index (χ3n) is 3.15. The lowest BCUT2D eigenvalue weighted by atomic mass is 10.2. The third-order valence-corrected chi connectivity index (χ3v) is 4.14. The van der Waals surface area contributed by atoms with Gasteiger partial charge in [-0.3, -0.25) is 14.9 Å². The highest BCUT2D eigenvalue weighted by Gasteiger charge is 2.30. The van der Waals surface area contributed by atoms with Crippen molar-refractivity contribution in [2.45, 2.75) is 39.9 Å². The highest BCUT2D eigenvalue weighted by atomic mass is 32.1. The molecule has 0 bridgehead atoms. The Morgan fingerprint density at radius 3 is 2.40 bits per heavy atom. The minimum atomic E-state index is -0.639. The van der Waals surface area contributed by atoms with Crippen LogP contribution in [0.5, 0.6) is 0 Å². The fourth-order valence-electron chi connectivity index (χ4n) is 2.16. The molecule has 1 saturated heterocycles. The van der Waals surface area contributed by atoms with Gasteiger partial charge in [0.05, 0.1) is 17.9 Å². The minimum absolute atomic E-state index is 0.0557. The van der Waals surface area contributed by atoms with Crippen LogP contribution in [-0.2, 0) is 14.3 Å². The van der Waals surface area contributed by atoms with Gasteiger partial charge in [0, 0.05) is 18.0 Å². The van der Waals surface area contributed by atoms with Crippen molar-refractivity contribution in [1.82, 2.24) is 9.88 Å². The van der Waals surface area contributed by atoms with Gasteiger partial charge in [-0.1, -0.05) is 0 Å². The number of nitrogens with one attached hydrogen (secondary N) is 1. The number of morpholine rings is 1. The predicted molar refractivity (Wildman–Crippen MR) is 76.8 cm³/mol. The molecule has 1 aromatic rings. The summed E-state index contributed by atoms with van der Waals surface area (Å²) in [5, 5.41) is 3.03. The molecule has 7 heteroatoms. The molecule has 6 nitrogen and oxygen atoms in total. The van der Waals surface area contributed by atoms with E-state index in [2.05, 4.69) is 10.3 Å². The van der Waals surface area contributed by atoms with Crippen molar-refractivity contribution in [3.63, 3.8) is 0 Å². The lowest BCUT2D eigenvalue weighted by Crippen LogP contribution is -2.51. The summed E-state index contributed by atoms with van der Waals surface area (Å²) < 4.78 is 5.55. The number of aryl methyl sites for hydroxylation is 2. The summed E-state index contributed by atoms with van der Waals surface area (Å²) in [5.74, 6) is -1.17. The number of hydrogen-bond donors (Lipinski definition) is 1. The van der Waals surface area contributed by atoms with Gasteiger partial charge in [0.15, 0.2) is 5.13 Å². The Bertz CT molecular complexity index is 499. The highest BCUT2D eigenvalue weighted by Crippen LogP contribution is 2.21. The van der Waals surface area contributed by atoms with Crippen molar-refractivity contribution in [2.75, 3.05) is 18.4 Å². The second-order valence-corrected chi connectivity index (χ2v) is 6.29. The Labute approximate surface area is 122 Å². The molecule has 1 aromatic heterocycles. The Hall–Kier alpha value is -1.47. The molecule has 0 aliphatic carbocycles. The van der Waals surface area contributed by atoms with Gasteiger partial charge in [0.1, 0.15) is 0 Å². The van der Waals surface area contributed by atoms with Crippen LogP contribution in [0.15, 0.2) is 0 Å². The summed E-state index contributed by atoms with van der Waals surface area (Å²) in [6.45, 7) is 8.45. The summed E-state index contributed by atoms with van der Waals surface area (Å²) >= 11 is 1.37. The largest absolute Gasteiger partial charge is 0.372 e. The van der Waals surface area contributed by atoms with Crippen LogP contribution in [0.1, 0.15) is 24.4 Å². The molecule has 2 heterocycles. The molecule has 1 N–H and O–H groups in total. The SMILES string of the molecule is Cc1nc(NC(=O)C(=O)N2CC(C)OC(C)C2)sc1C. The van der Waals surface area contributed by atoms with Crippen LogP contribution in [0, 0.1) is 13.8 Å². The first-order valence-corrected chi connectivity index (χ1v) is 7.38. The molecule has 110 valence electrons. The zero-order valence-corrected chi connectivity index (χ0v) is 12.9. The lowest BCUT2D eigenvalue weighted by molar-refractivity contribution is -0.151. The van der Waals surface area contributed by atoms with Crippen LogP contribution in [0.25, 0.3) is 0 Å². The van der Waals surface area contributed by atoms with E-state index in [1.165, 1.54) is 16.2 Å². The van der Waals surface area contributed by atoms with E-state index in [1.807, 2.05) is 27.7 Å². The molecule has 1 aliphatic rings. The topological polar surface area (TPSA) is 71.5 Å². The Morgan fingerprint density at radius 1 is 1.30 bits per heavy atom. The number of thiazole rings is 1. The first-order chi connectivity index (χ1) is 9.36. The average Bonchev–Trinajstić information content (AvgIpc) is 2.66. The number of hydrogen-bond acceptors (Lipinski definition) is 5. The maximum absolute atomic E-state index is 12.1. The number of amides is 2. The van der Waals surface area contributed by atoms with Crippen molar-refractivity contribution in [1.29, 1.82) is 0 Å². The molecular formula is C13H19N3O3S. The minimum Gasteiger partial charge on any atom is -0.372 e. The monoisotopic (exact) mass is 297 g/mol. The Kier molecular flexibility index (Phi) is 4.39. The summed E-state index contributed by atoms with van der Waals surface area (Å²) in [5.41, 5.74) is 0.867. The first-order valence-electron chi connectivity index (χ1n) is 6.56. The van der Waals surface area contributed by atoms with Crippen LogP contribution in [-0.4, -0.2) is 47.0 Å². The fraction of sp³-hybridized carbons (Fsp3) is 0.615. The molecule has 2 amide bonds. The smallest absolute Gasteiger partial charge is 0.315 e. The molecule has 2 unspecified atom stereocenters. The van der Waals surface area contributed by atoms with Gasteiger partial charge in [0.2, 0.25) is 0 Å². The number of nitrogens with zero attached hydrogens (tertiary/aromatic N) is 2. The first kappa shape index (κ1) is 14.9. The summed E-state index contributed by atoms with van der Waals surface area (Å²) in [7, 11) is 0. The van der Waals surface area contributed by atoms with E-state index >= 15 is 0 Å². The molecule has 1 aliphatic heterocycles. The Balaban J connectivity index is 1.99. The second-order valence-electron chi connectivity index (χ2n) is 5.08. The molecule has 20 heavy (non-hydrogen) atoms. The molecule has 0 radical (unpaired) electrons. The van der Waals surface area contributed by atoms with Gasteiger partial charge in [-0.2, -0.15) is 0 Å². The van der Waals surface area contributed by atoms with Crippen molar-refractivity contribution >= 4 is 28.3 Å². The van der Waals surface area contributed by atoms with Gasteiger partial charge in [-0.25, -0.2) is 4.98 Å². The van der Waals surface area contributed by atoms with Crippen molar-refractivity contribution in [3.8, 4) is 0 Å². The number of carbonyl (C=O) groups is 2. The standard InChI is InChI=1S/C13H19N3O3S/c1-7-5-16(6-8(2)19-7)12(18)11(17)15-13-14-9(3)10(4)20-13/h7-8H,5-6H2,1-4H3,(H,14,15,17). The van der Waals surface area contributed by atoms with Gasteiger partial charge in [0.25, 0.3) is 0 Å². The van der Waals surface area contributed by atoms with Crippen LogP contribution >= 0.6 is 11.3 Å². The van der Waals surface area contributed by atoms with Crippen molar-refractivity contribution < 1.29 is 14.3 Å². The second kappa shape index (κ2) is 5.88. The van der Waals surface area contributed by atoms with Gasteiger partial charge < -0.3 is 9.64 Å². The van der Waals surface area contributed by atoms with Crippen molar-refractivity contribution in [3.05, 3.63) is 10.6 Å². The highest BCUT2D eigenvalue weighted by molar-refractivity contribution is 7.15. The Morgan fingerprint density at radius 2 is 1.90 bits per heavy atom. The number of aromatic nitrogens is 1. The van der Waals surface area contributed by atoms with Gasteiger partial charge in [-0.15, -0.1) is 11.3 Å². The van der Waals surface area contributed by atoms with E-state index in [0.717, 1.165) is 10.6 Å². The summed E-state index contributed by atoms with van der Waals surface area (Å²) in [6.07, 6.45) is -0.111. The summed E-state index contributed by atoms with van der Waals surface area (Å²) in [6, 6.07) is 0. The fourth-order valence-corrected chi connectivity index (χ4v) is 2.97. The molecule has 2 rings (SSSR count). The van der Waals surface area contributed by atoms with Crippen LogP contribution < -0.4 is 5.32 Å². The van der Waals surface area contributed by atoms with Crippen molar-refractivity contribution in [2.24, 2.45) is 0 Å². The summed E-state index contributed by atoms with van der Waals surface area (Å²) in [4.78, 5) is 30.8. The maximum atomic E-state index is 12.1. The number of rotatable bonds is 1. The van der Waals surface area contributed by atoms with E-state index in [9.17, 15) is 9.59 Å². The third kappa shape index (κ3) is 3.34. The van der Waals surface area contributed by atoms with E-state index in [4.69, 9.17) is 4.74 Å². The van der Waals surface area contributed by atoms with Crippen LogP contribution in [0.4, 0.5) is 5.13 Å². The molecule has 0 aromatic carbocycles. The quantitative estimate of drug-likeness (QED) is 0.794. The van der Waals surface area contributed by atoms with Gasteiger partial charge in [-0.05, 0) is 27.7 Å². The predicted octanol–water partition coefficient (Wildman–Crippen LogP) is 1.33. The molecule has 1 fully saturated rings. The lowest BCUT2D eigenvalue weighted by Gasteiger charge is -2.34. The van der Waals surface area contributed by atoms with Crippen LogP contribution in [0.3, 0.4) is 0 Å². The normalized spacial score (nSPS) is 22.7.